The van der Waals surface area contributed by atoms with Crippen molar-refractivity contribution < 1.29 is 9.53 Å². The molecule has 0 amide bonds. The van der Waals surface area contributed by atoms with Crippen molar-refractivity contribution in [2.24, 2.45) is 0 Å². The Labute approximate surface area is 133 Å². The third-order valence-corrected chi connectivity index (χ3v) is 4.41. The molecule has 0 fully saturated rings. The number of Topliss-reactive ketones (excluding diaryl/α,β-unsaturated/α-hetero) is 1. The van der Waals surface area contributed by atoms with Gasteiger partial charge in [-0.25, -0.2) is 0 Å². The summed E-state index contributed by atoms with van der Waals surface area (Å²) in [5.41, 5.74) is 1.53. The normalized spacial score (nSPS) is 20.8. The van der Waals surface area contributed by atoms with Crippen molar-refractivity contribution in [1.29, 1.82) is 0 Å². The zero-order valence-corrected chi connectivity index (χ0v) is 13.5. The van der Waals surface area contributed by atoms with Crippen LogP contribution in [0.4, 0.5) is 0 Å². The standard InChI is InChI=1S/C18H17BrO2/c1-18(10-9-13-5-3-2-4-6-13)12-16(20)15-11-14(19)7-8-17(15)21-18/h2-8,11H,9-10,12H2,1H3. The van der Waals surface area contributed by atoms with Crippen LogP contribution < -0.4 is 4.74 Å². The minimum absolute atomic E-state index is 0.160. The summed E-state index contributed by atoms with van der Waals surface area (Å²) in [5, 5.41) is 0. The van der Waals surface area contributed by atoms with Crippen LogP contribution in [0.5, 0.6) is 5.75 Å². The lowest BCUT2D eigenvalue weighted by atomic mass is 9.87. The highest BCUT2D eigenvalue weighted by Gasteiger charge is 2.36. The summed E-state index contributed by atoms with van der Waals surface area (Å²) in [7, 11) is 0. The topological polar surface area (TPSA) is 26.3 Å². The molecule has 0 aromatic heterocycles. The molecule has 0 N–H and O–H groups in total. The molecule has 1 aliphatic rings. The summed E-state index contributed by atoms with van der Waals surface area (Å²) >= 11 is 3.40. The second kappa shape index (κ2) is 5.64. The van der Waals surface area contributed by atoms with E-state index in [1.54, 1.807) is 0 Å². The Bertz CT molecular complexity index is 666. The molecular weight excluding hydrogens is 328 g/mol. The summed E-state index contributed by atoms with van der Waals surface area (Å²) in [4.78, 5) is 12.4. The van der Waals surface area contributed by atoms with E-state index in [4.69, 9.17) is 4.74 Å². The highest BCUT2D eigenvalue weighted by Crippen LogP contribution is 2.36. The molecule has 1 aliphatic heterocycles. The summed E-state index contributed by atoms with van der Waals surface area (Å²) in [6.45, 7) is 2.03. The molecule has 2 nitrogen and oxygen atoms in total. The molecule has 0 saturated carbocycles. The van der Waals surface area contributed by atoms with Gasteiger partial charge in [-0.1, -0.05) is 46.3 Å². The number of rotatable bonds is 3. The van der Waals surface area contributed by atoms with Gasteiger partial charge in [-0.2, -0.15) is 0 Å². The van der Waals surface area contributed by atoms with Crippen molar-refractivity contribution in [2.45, 2.75) is 31.8 Å². The molecule has 1 heterocycles. The van der Waals surface area contributed by atoms with Crippen LogP contribution in [0.1, 0.15) is 35.7 Å². The molecule has 21 heavy (non-hydrogen) atoms. The largest absolute Gasteiger partial charge is 0.486 e. The van der Waals surface area contributed by atoms with E-state index in [1.807, 2.05) is 43.3 Å². The van der Waals surface area contributed by atoms with Gasteiger partial charge in [-0.05, 0) is 43.5 Å². The highest BCUT2D eigenvalue weighted by atomic mass is 79.9. The van der Waals surface area contributed by atoms with E-state index in [-0.39, 0.29) is 5.78 Å². The zero-order valence-electron chi connectivity index (χ0n) is 11.9. The van der Waals surface area contributed by atoms with Gasteiger partial charge in [0.1, 0.15) is 11.4 Å². The predicted octanol–water partition coefficient (Wildman–Crippen LogP) is 4.81. The zero-order chi connectivity index (χ0) is 14.9. The molecule has 2 aromatic rings. The second-order valence-electron chi connectivity index (χ2n) is 5.78. The van der Waals surface area contributed by atoms with Crippen molar-refractivity contribution in [2.75, 3.05) is 0 Å². The van der Waals surface area contributed by atoms with Crippen molar-refractivity contribution in [3.8, 4) is 5.75 Å². The Kier molecular flexibility index (Phi) is 3.85. The Balaban J connectivity index is 1.77. The minimum Gasteiger partial charge on any atom is -0.486 e. The molecule has 0 spiro atoms. The van der Waals surface area contributed by atoms with E-state index in [9.17, 15) is 4.79 Å². The van der Waals surface area contributed by atoms with Gasteiger partial charge in [-0.15, -0.1) is 0 Å². The van der Waals surface area contributed by atoms with Crippen LogP contribution in [0.15, 0.2) is 53.0 Å². The Morgan fingerprint density at radius 2 is 1.95 bits per heavy atom. The van der Waals surface area contributed by atoms with E-state index in [2.05, 4.69) is 28.1 Å². The van der Waals surface area contributed by atoms with Gasteiger partial charge in [-0.3, -0.25) is 4.79 Å². The number of fused-ring (bicyclic) bond motifs is 1. The molecule has 1 unspecified atom stereocenters. The van der Waals surface area contributed by atoms with Crippen LogP contribution in [-0.4, -0.2) is 11.4 Å². The number of carbonyl (C=O) groups is 1. The van der Waals surface area contributed by atoms with Crippen molar-refractivity contribution in [1.82, 2.24) is 0 Å². The summed E-state index contributed by atoms with van der Waals surface area (Å²) in [6, 6.07) is 15.9. The van der Waals surface area contributed by atoms with Gasteiger partial charge in [0, 0.05) is 4.47 Å². The third-order valence-electron chi connectivity index (χ3n) is 3.92. The maximum Gasteiger partial charge on any atom is 0.170 e. The van der Waals surface area contributed by atoms with E-state index in [1.165, 1.54) is 5.56 Å². The number of aryl methyl sites for hydroxylation is 1. The number of hydrogen-bond acceptors (Lipinski definition) is 2. The number of carbonyl (C=O) groups excluding carboxylic acids is 1. The Morgan fingerprint density at radius 1 is 1.19 bits per heavy atom. The lowest BCUT2D eigenvalue weighted by Gasteiger charge is -2.35. The first kappa shape index (κ1) is 14.3. The summed E-state index contributed by atoms with van der Waals surface area (Å²) in [6.07, 6.45) is 2.18. The highest BCUT2D eigenvalue weighted by molar-refractivity contribution is 9.10. The first-order chi connectivity index (χ1) is 10.1. The van der Waals surface area contributed by atoms with Crippen LogP contribution in [0, 0.1) is 0 Å². The van der Waals surface area contributed by atoms with Crippen LogP contribution in [0.2, 0.25) is 0 Å². The molecule has 0 bridgehead atoms. The minimum atomic E-state index is -0.423. The van der Waals surface area contributed by atoms with Gasteiger partial charge >= 0.3 is 0 Å². The van der Waals surface area contributed by atoms with Crippen molar-refractivity contribution in [3.05, 3.63) is 64.1 Å². The molecule has 0 saturated heterocycles. The first-order valence-corrected chi connectivity index (χ1v) is 7.91. The number of benzene rings is 2. The number of hydrogen-bond donors (Lipinski definition) is 0. The van der Waals surface area contributed by atoms with Crippen molar-refractivity contribution in [3.63, 3.8) is 0 Å². The van der Waals surface area contributed by atoms with Crippen molar-refractivity contribution >= 4 is 21.7 Å². The SMILES string of the molecule is CC1(CCc2ccccc2)CC(=O)c2cc(Br)ccc2O1. The van der Waals surface area contributed by atoms with E-state index < -0.39 is 5.60 Å². The quantitative estimate of drug-likeness (QED) is 0.798. The lowest BCUT2D eigenvalue weighted by Crippen LogP contribution is -2.39. The molecule has 2 aromatic carbocycles. The monoisotopic (exact) mass is 344 g/mol. The molecule has 0 aliphatic carbocycles. The maximum atomic E-state index is 12.4. The third kappa shape index (κ3) is 3.18. The fourth-order valence-electron chi connectivity index (χ4n) is 2.74. The van der Waals surface area contributed by atoms with Gasteiger partial charge < -0.3 is 4.74 Å². The fourth-order valence-corrected chi connectivity index (χ4v) is 3.10. The molecule has 108 valence electrons. The number of halogens is 1. The average molecular weight is 345 g/mol. The Morgan fingerprint density at radius 3 is 2.71 bits per heavy atom. The molecule has 0 radical (unpaired) electrons. The van der Waals surface area contributed by atoms with E-state index in [0.29, 0.717) is 17.7 Å². The first-order valence-electron chi connectivity index (χ1n) is 7.11. The summed E-state index contributed by atoms with van der Waals surface area (Å²) in [5.74, 6) is 0.859. The molecule has 3 rings (SSSR count). The van der Waals surface area contributed by atoms with Crippen LogP contribution in [0.25, 0.3) is 0 Å². The second-order valence-corrected chi connectivity index (χ2v) is 6.69. The van der Waals surface area contributed by atoms with E-state index >= 15 is 0 Å². The number of ketones is 1. The van der Waals surface area contributed by atoms with Gasteiger partial charge in [0.2, 0.25) is 0 Å². The predicted molar refractivity (Wildman–Crippen MR) is 86.9 cm³/mol. The lowest BCUT2D eigenvalue weighted by molar-refractivity contribution is 0.0471. The van der Waals surface area contributed by atoms with Gasteiger partial charge in [0.15, 0.2) is 5.78 Å². The molecule has 1 atom stereocenters. The fraction of sp³-hybridized carbons (Fsp3) is 0.278. The molecule has 3 heteroatoms. The van der Waals surface area contributed by atoms with Gasteiger partial charge in [0.05, 0.1) is 12.0 Å². The smallest absolute Gasteiger partial charge is 0.170 e. The summed E-state index contributed by atoms with van der Waals surface area (Å²) < 4.78 is 7.03. The van der Waals surface area contributed by atoms with Crippen LogP contribution in [0.3, 0.4) is 0 Å². The van der Waals surface area contributed by atoms with Gasteiger partial charge in [0.25, 0.3) is 0 Å². The van der Waals surface area contributed by atoms with E-state index in [0.717, 1.165) is 17.3 Å². The van der Waals surface area contributed by atoms with Crippen LogP contribution in [-0.2, 0) is 6.42 Å². The Hall–Kier alpha value is -1.61. The average Bonchev–Trinajstić information content (AvgIpc) is 2.47. The van der Waals surface area contributed by atoms with Crippen LogP contribution >= 0.6 is 15.9 Å². The number of ether oxygens (including phenoxy) is 1. The maximum absolute atomic E-state index is 12.4. The molecular formula is C18H17BrO2.